The summed E-state index contributed by atoms with van der Waals surface area (Å²) < 4.78 is 18.9. The first-order chi connectivity index (χ1) is 5.83. The Hall–Kier alpha value is 0.0300. The van der Waals surface area contributed by atoms with Gasteiger partial charge >= 0.3 is 0 Å². The highest BCUT2D eigenvalue weighted by Crippen LogP contribution is 1.95. The predicted molar refractivity (Wildman–Crippen MR) is 49.3 cm³/mol. The molecule has 0 spiro atoms. The van der Waals surface area contributed by atoms with Gasteiger partial charge < -0.3 is 4.74 Å². The van der Waals surface area contributed by atoms with E-state index in [2.05, 4.69) is 9.62 Å². The van der Waals surface area contributed by atoms with Gasteiger partial charge in [0.15, 0.2) is 0 Å². The Kier molecular flexibility index (Phi) is 4.75. The molecule has 1 N–H and O–H groups in total. The van der Waals surface area contributed by atoms with Gasteiger partial charge in [0, 0.05) is 19.6 Å². The summed E-state index contributed by atoms with van der Waals surface area (Å²) in [6, 6.07) is 0. The fourth-order valence-electron chi connectivity index (χ4n) is 1.14. The smallest absolute Gasteiger partial charge is 0.0925 e. The molecule has 1 saturated heterocycles. The first-order valence-corrected chi connectivity index (χ1v) is 5.50. The number of nitrogens with one attached hydrogen (secondary N) is 1. The lowest BCUT2D eigenvalue weighted by atomic mass is 10.4. The lowest BCUT2D eigenvalue weighted by molar-refractivity contribution is 0.0409. The van der Waals surface area contributed by atoms with Gasteiger partial charge in [-0.15, -0.1) is 0 Å². The fourth-order valence-corrected chi connectivity index (χ4v) is 1.77. The molecule has 1 heterocycles. The molecular weight excluding hydrogens is 176 g/mol. The standard InChI is InChI=1S/C7H16N2O2S/c1-8-12(10)7-4-9-2-5-11-6-3-9/h8H,2-7H2,1H3. The summed E-state index contributed by atoms with van der Waals surface area (Å²) in [6.07, 6.45) is 0. The highest BCUT2D eigenvalue weighted by Gasteiger charge is 2.10. The molecule has 12 heavy (non-hydrogen) atoms. The van der Waals surface area contributed by atoms with Crippen LogP contribution in [0.3, 0.4) is 0 Å². The molecule has 1 rings (SSSR count). The molecule has 0 aliphatic carbocycles. The zero-order chi connectivity index (χ0) is 8.81. The minimum absolute atomic E-state index is 0.705. The number of hydrogen-bond donors (Lipinski definition) is 1. The van der Waals surface area contributed by atoms with Crippen LogP contribution in [0.2, 0.25) is 0 Å². The summed E-state index contributed by atoms with van der Waals surface area (Å²) in [5.74, 6) is 0.705. The molecule has 0 aromatic heterocycles. The minimum atomic E-state index is -0.861. The van der Waals surface area contributed by atoms with Crippen molar-refractivity contribution >= 4 is 11.0 Å². The molecule has 0 aromatic rings. The van der Waals surface area contributed by atoms with Crippen molar-refractivity contribution in [3.05, 3.63) is 0 Å². The van der Waals surface area contributed by atoms with Crippen LogP contribution in [0.1, 0.15) is 0 Å². The van der Waals surface area contributed by atoms with Gasteiger partial charge in [-0.1, -0.05) is 0 Å². The fraction of sp³-hybridized carbons (Fsp3) is 1.00. The van der Waals surface area contributed by atoms with Crippen molar-refractivity contribution in [2.75, 3.05) is 45.6 Å². The molecule has 1 unspecified atom stereocenters. The van der Waals surface area contributed by atoms with Crippen LogP contribution in [-0.4, -0.2) is 54.8 Å². The maximum absolute atomic E-state index is 11.0. The van der Waals surface area contributed by atoms with Crippen LogP contribution >= 0.6 is 0 Å². The normalized spacial score (nSPS) is 22.4. The van der Waals surface area contributed by atoms with Crippen molar-refractivity contribution in [1.29, 1.82) is 0 Å². The van der Waals surface area contributed by atoms with Crippen molar-refractivity contribution < 1.29 is 8.95 Å². The molecule has 0 amide bonds. The molecule has 1 aliphatic heterocycles. The van der Waals surface area contributed by atoms with E-state index in [1.54, 1.807) is 7.05 Å². The van der Waals surface area contributed by atoms with Crippen LogP contribution in [-0.2, 0) is 15.7 Å². The summed E-state index contributed by atoms with van der Waals surface area (Å²) in [5.41, 5.74) is 0. The van der Waals surface area contributed by atoms with Crippen molar-refractivity contribution in [3.8, 4) is 0 Å². The van der Waals surface area contributed by atoms with Crippen LogP contribution in [0, 0.1) is 0 Å². The zero-order valence-electron chi connectivity index (χ0n) is 7.41. The molecule has 1 fully saturated rings. The van der Waals surface area contributed by atoms with Crippen molar-refractivity contribution in [2.24, 2.45) is 0 Å². The summed E-state index contributed by atoms with van der Waals surface area (Å²) >= 11 is 0. The number of ether oxygens (including phenoxy) is 1. The first-order valence-electron chi connectivity index (χ1n) is 4.19. The zero-order valence-corrected chi connectivity index (χ0v) is 8.23. The van der Waals surface area contributed by atoms with Gasteiger partial charge in [-0.05, 0) is 7.05 Å². The third-order valence-corrected chi connectivity index (χ3v) is 2.93. The van der Waals surface area contributed by atoms with E-state index in [9.17, 15) is 4.21 Å². The molecule has 0 bridgehead atoms. The van der Waals surface area contributed by atoms with E-state index in [4.69, 9.17) is 4.74 Å². The average molecular weight is 192 g/mol. The Bertz CT molecular complexity index is 148. The Morgan fingerprint density at radius 1 is 1.50 bits per heavy atom. The van der Waals surface area contributed by atoms with Gasteiger partial charge in [0.2, 0.25) is 0 Å². The van der Waals surface area contributed by atoms with Crippen molar-refractivity contribution in [1.82, 2.24) is 9.62 Å². The quantitative estimate of drug-likeness (QED) is 0.634. The Morgan fingerprint density at radius 2 is 2.17 bits per heavy atom. The minimum Gasteiger partial charge on any atom is -0.379 e. The van der Waals surface area contributed by atoms with E-state index in [-0.39, 0.29) is 0 Å². The highest BCUT2D eigenvalue weighted by atomic mass is 32.2. The second kappa shape index (κ2) is 5.64. The molecule has 0 saturated carbocycles. The molecule has 0 radical (unpaired) electrons. The second-order valence-corrected chi connectivity index (χ2v) is 4.22. The second-order valence-electron chi connectivity index (χ2n) is 2.71. The summed E-state index contributed by atoms with van der Waals surface area (Å²) in [4.78, 5) is 2.28. The monoisotopic (exact) mass is 192 g/mol. The largest absolute Gasteiger partial charge is 0.379 e. The average Bonchev–Trinajstić information content (AvgIpc) is 2.16. The molecule has 72 valence electrons. The maximum atomic E-state index is 11.0. The predicted octanol–water partition coefficient (Wildman–Crippen LogP) is -0.798. The molecular formula is C7H16N2O2S. The molecule has 4 nitrogen and oxygen atoms in total. The van der Waals surface area contributed by atoms with E-state index >= 15 is 0 Å². The summed E-state index contributed by atoms with van der Waals surface area (Å²) in [5, 5.41) is 0. The summed E-state index contributed by atoms with van der Waals surface area (Å²) in [6.45, 7) is 4.47. The number of hydrogen-bond acceptors (Lipinski definition) is 3. The molecule has 1 aliphatic rings. The third-order valence-electron chi connectivity index (χ3n) is 1.92. The lowest BCUT2D eigenvalue weighted by Gasteiger charge is -2.26. The molecule has 5 heteroatoms. The van der Waals surface area contributed by atoms with Gasteiger partial charge in [0.25, 0.3) is 0 Å². The lowest BCUT2D eigenvalue weighted by Crippen LogP contribution is -2.39. The number of nitrogens with zero attached hydrogens (tertiary/aromatic N) is 1. The number of rotatable bonds is 4. The van der Waals surface area contributed by atoms with Crippen LogP contribution in [0.4, 0.5) is 0 Å². The van der Waals surface area contributed by atoms with Crippen LogP contribution in [0.5, 0.6) is 0 Å². The van der Waals surface area contributed by atoms with E-state index < -0.39 is 11.0 Å². The van der Waals surface area contributed by atoms with Crippen molar-refractivity contribution in [2.45, 2.75) is 0 Å². The Balaban J connectivity index is 2.09. The van der Waals surface area contributed by atoms with E-state index in [0.717, 1.165) is 32.8 Å². The van der Waals surface area contributed by atoms with Gasteiger partial charge in [0.1, 0.15) is 0 Å². The van der Waals surface area contributed by atoms with E-state index in [1.807, 2.05) is 0 Å². The van der Waals surface area contributed by atoms with Crippen LogP contribution in [0.15, 0.2) is 0 Å². The summed E-state index contributed by atoms with van der Waals surface area (Å²) in [7, 11) is 0.857. The van der Waals surface area contributed by atoms with Crippen LogP contribution < -0.4 is 4.72 Å². The van der Waals surface area contributed by atoms with E-state index in [1.165, 1.54) is 0 Å². The highest BCUT2D eigenvalue weighted by molar-refractivity contribution is 7.83. The maximum Gasteiger partial charge on any atom is 0.0925 e. The third kappa shape index (κ3) is 3.62. The Labute approximate surface area is 75.9 Å². The van der Waals surface area contributed by atoms with Gasteiger partial charge in [-0.25, -0.2) is 8.93 Å². The van der Waals surface area contributed by atoms with Gasteiger partial charge in [0.05, 0.1) is 30.0 Å². The molecule has 0 aromatic carbocycles. The number of morpholine rings is 1. The molecule has 1 atom stereocenters. The van der Waals surface area contributed by atoms with E-state index in [0.29, 0.717) is 5.75 Å². The Morgan fingerprint density at radius 3 is 2.75 bits per heavy atom. The van der Waals surface area contributed by atoms with Gasteiger partial charge in [-0.3, -0.25) is 4.90 Å². The van der Waals surface area contributed by atoms with Gasteiger partial charge in [-0.2, -0.15) is 0 Å². The van der Waals surface area contributed by atoms with Crippen molar-refractivity contribution in [3.63, 3.8) is 0 Å². The first kappa shape index (κ1) is 10.1. The van der Waals surface area contributed by atoms with Crippen LogP contribution in [0.25, 0.3) is 0 Å². The SMILES string of the molecule is CNS(=O)CCN1CCOCC1. The topological polar surface area (TPSA) is 41.6 Å².